The topological polar surface area (TPSA) is 58.6 Å². The van der Waals surface area contributed by atoms with Gasteiger partial charge in [-0.2, -0.15) is 13.2 Å². The van der Waals surface area contributed by atoms with Gasteiger partial charge in [0.25, 0.3) is 0 Å². The van der Waals surface area contributed by atoms with Gasteiger partial charge in [0.15, 0.2) is 0 Å². The molecule has 2 amide bonds. The molecule has 1 atom stereocenters. The smallest absolute Gasteiger partial charge is 0.381 e. The number of hydrogen-bond donors (Lipinski definition) is 1. The summed E-state index contributed by atoms with van der Waals surface area (Å²) in [5.41, 5.74) is -1.07. The predicted molar refractivity (Wildman–Crippen MR) is 81.6 cm³/mol. The van der Waals surface area contributed by atoms with E-state index in [1.807, 2.05) is 0 Å². The number of likely N-dealkylation sites (N-methyl/N-ethyl adjacent to an activating group) is 1. The minimum Gasteiger partial charge on any atom is -0.381 e. The molecule has 1 aromatic carbocycles. The van der Waals surface area contributed by atoms with Crippen LogP contribution in [0.25, 0.3) is 0 Å². The van der Waals surface area contributed by atoms with Gasteiger partial charge in [-0.1, -0.05) is 11.6 Å². The SMILES string of the molecule is CN(CC(=O)Nc1ccc(Cl)c(C(F)(F)F)c1)C(=O)[C@H]1CCOC1. The second-order valence-corrected chi connectivity index (χ2v) is 5.90. The molecule has 1 N–H and O–H groups in total. The third-order valence-electron chi connectivity index (χ3n) is 3.59. The van der Waals surface area contributed by atoms with Crippen molar-refractivity contribution < 1.29 is 27.5 Å². The van der Waals surface area contributed by atoms with E-state index in [1.165, 1.54) is 18.0 Å². The number of hydrogen-bond acceptors (Lipinski definition) is 3. The van der Waals surface area contributed by atoms with Gasteiger partial charge in [-0.05, 0) is 24.6 Å². The summed E-state index contributed by atoms with van der Waals surface area (Å²) in [7, 11) is 1.46. The average Bonchev–Trinajstić information content (AvgIpc) is 3.01. The van der Waals surface area contributed by atoms with Gasteiger partial charge < -0.3 is 15.0 Å². The molecule has 24 heavy (non-hydrogen) atoms. The minimum absolute atomic E-state index is 0.0400. The van der Waals surface area contributed by atoms with Gasteiger partial charge in [-0.3, -0.25) is 9.59 Å². The van der Waals surface area contributed by atoms with Crippen molar-refractivity contribution in [1.82, 2.24) is 4.90 Å². The zero-order valence-corrected chi connectivity index (χ0v) is 13.6. The number of amides is 2. The molecular weight excluding hydrogens is 349 g/mol. The number of nitrogens with one attached hydrogen (secondary N) is 1. The van der Waals surface area contributed by atoms with E-state index in [0.29, 0.717) is 19.6 Å². The van der Waals surface area contributed by atoms with Crippen LogP contribution >= 0.6 is 11.6 Å². The van der Waals surface area contributed by atoms with Crippen LogP contribution in [0.2, 0.25) is 5.02 Å². The third kappa shape index (κ3) is 4.61. The van der Waals surface area contributed by atoms with E-state index < -0.39 is 22.7 Å². The number of rotatable bonds is 4. The molecule has 5 nitrogen and oxygen atoms in total. The van der Waals surface area contributed by atoms with Gasteiger partial charge in [-0.15, -0.1) is 0 Å². The van der Waals surface area contributed by atoms with Gasteiger partial charge in [0.2, 0.25) is 11.8 Å². The van der Waals surface area contributed by atoms with Crippen LogP contribution < -0.4 is 5.32 Å². The summed E-state index contributed by atoms with van der Waals surface area (Å²) in [5.74, 6) is -1.11. The lowest BCUT2D eigenvalue weighted by atomic mass is 10.1. The van der Waals surface area contributed by atoms with E-state index in [2.05, 4.69) is 5.32 Å². The molecule has 132 valence electrons. The molecule has 0 radical (unpaired) electrons. The Bertz CT molecular complexity index is 631. The fourth-order valence-corrected chi connectivity index (χ4v) is 2.58. The maximum Gasteiger partial charge on any atom is 0.417 e. The van der Waals surface area contributed by atoms with Crippen LogP contribution in [0, 0.1) is 5.92 Å². The van der Waals surface area contributed by atoms with Crippen molar-refractivity contribution in [3.63, 3.8) is 0 Å². The maximum atomic E-state index is 12.8. The second kappa shape index (κ2) is 7.40. The van der Waals surface area contributed by atoms with Crippen LogP contribution in [0.1, 0.15) is 12.0 Å². The first-order valence-electron chi connectivity index (χ1n) is 7.18. The highest BCUT2D eigenvalue weighted by atomic mass is 35.5. The molecular formula is C15H16ClF3N2O3. The molecule has 1 aliphatic heterocycles. The van der Waals surface area contributed by atoms with Crippen molar-refractivity contribution in [2.24, 2.45) is 5.92 Å². The third-order valence-corrected chi connectivity index (χ3v) is 3.92. The molecule has 1 fully saturated rings. The molecule has 1 heterocycles. The summed E-state index contributed by atoms with van der Waals surface area (Å²) in [6, 6.07) is 3.08. The Kier molecular flexibility index (Phi) is 5.71. The Balaban J connectivity index is 1.98. The van der Waals surface area contributed by atoms with Crippen LogP contribution in [0.3, 0.4) is 0 Å². The molecule has 9 heteroatoms. The van der Waals surface area contributed by atoms with Crippen LogP contribution in [0.4, 0.5) is 18.9 Å². The van der Waals surface area contributed by atoms with Crippen LogP contribution in [-0.2, 0) is 20.5 Å². The Hall–Kier alpha value is -1.80. The zero-order valence-electron chi connectivity index (χ0n) is 12.8. The lowest BCUT2D eigenvalue weighted by molar-refractivity contribution is -0.137. The molecule has 0 bridgehead atoms. The van der Waals surface area contributed by atoms with Crippen molar-refractivity contribution in [3.8, 4) is 0 Å². The van der Waals surface area contributed by atoms with E-state index >= 15 is 0 Å². The van der Waals surface area contributed by atoms with Crippen molar-refractivity contribution in [2.75, 3.05) is 32.1 Å². The standard InChI is InChI=1S/C15H16ClF3N2O3/c1-21(14(23)9-4-5-24-8-9)7-13(22)20-10-2-3-12(16)11(6-10)15(17,18)19/h2-3,6,9H,4-5,7-8H2,1H3,(H,20,22)/t9-/m0/s1. The van der Waals surface area contributed by atoms with Crippen molar-refractivity contribution in [2.45, 2.75) is 12.6 Å². The number of alkyl halides is 3. The molecule has 0 aromatic heterocycles. The lowest BCUT2D eigenvalue weighted by Gasteiger charge is -2.20. The molecule has 2 rings (SSSR count). The predicted octanol–water partition coefficient (Wildman–Crippen LogP) is 2.79. The summed E-state index contributed by atoms with van der Waals surface area (Å²) in [5, 5.41) is 1.89. The fraction of sp³-hybridized carbons (Fsp3) is 0.467. The monoisotopic (exact) mass is 364 g/mol. The van der Waals surface area contributed by atoms with Gasteiger partial charge in [-0.25, -0.2) is 0 Å². The number of ether oxygens (including phenoxy) is 1. The van der Waals surface area contributed by atoms with E-state index in [0.717, 1.165) is 12.1 Å². The number of carbonyl (C=O) groups is 2. The number of anilines is 1. The molecule has 1 aliphatic rings. The summed E-state index contributed by atoms with van der Waals surface area (Å²) >= 11 is 5.52. The summed E-state index contributed by atoms with van der Waals surface area (Å²) in [6.07, 6.45) is -4.02. The van der Waals surface area contributed by atoms with Gasteiger partial charge in [0, 0.05) is 19.3 Å². The van der Waals surface area contributed by atoms with Gasteiger partial charge in [0.1, 0.15) is 0 Å². The molecule has 0 spiro atoms. The molecule has 0 saturated carbocycles. The summed E-state index contributed by atoms with van der Waals surface area (Å²) < 4.78 is 43.5. The second-order valence-electron chi connectivity index (χ2n) is 5.50. The number of benzene rings is 1. The Morgan fingerprint density at radius 3 is 2.71 bits per heavy atom. The highest BCUT2D eigenvalue weighted by Gasteiger charge is 2.33. The Morgan fingerprint density at radius 2 is 2.12 bits per heavy atom. The number of carbonyl (C=O) groups excluding carboxylic acids is 2. The van der Waals surface area contributed by atoms with E-state index in [-0.39, 0.29) is 24.1 Å². The van der Waals surface area contributed by atoms with Crippen LogP contribution in [-0.4, -0.2) is 43.5 Å². The van der Waals surface area contributed by atoms with Gasteiger partial charge in [0.05, 0.1) is 29.7 Å². The first-order chi connectivity index (χ1) is 11.2. The van der Waals surface area contributed by atoms with E-state index in [4.69, 9.17) is 16.3 Å². The highest BCUT2D eigenvalue weighted by Crippen LogP contribution is 2.36. The van der Waals surface area contributed by atoms with E-state index in [1.54, 1.807) is 0 Å². The first kappa shape index (κ1) is 18.5. The lowest BCUT2D eigenvalue weighted by Crippen LogP contribution is -2.38. The van der Waals surface area contributed by atoms with Crippen LogP contribution in [0.15, 0.2) is 18.2 Å². The maximum absolute atomic E-state index is 12.8. The van der Waals surface area contributed by atoms with Crippen molar-refractivity contribution in [1.29, 1.82) is 0 Å². The first-order valence-corrected chi connectivity index (χ1v) is 7.55. The van der Waals surface area contributed by atoms with Crippen LogP contribution in [0.5, 0.6) is 0 Å². The summed E-state index contributed by atoms with van der Waals surface area (Å²) in [4.78, 5) is 25.2. The fourth-order valence-electron chi connectivity index (χ4n) is 2.36. The molecule has 1 saturated heterocycles. The quantitative estimate of drug-likeness (QED) is 0.893. The average molecular weight is 365 g/mol. The summed E-state index contributed by atoms with van der Waals surface area (Å²) in [6.45, 7) is 0.553. The Labute approximate surface area is 141 Å². The largest absolute Gasteiger partial charge is 0.417 e. The molecule has 0 aliphatic carbocycles. The van der Waals surface area contributed by atoms with Crippen molar-refractivity contribution >= 4 is 29.1 Å². The molecule has 1 aromatic rings. The van der Waals surface area contributed by atoms with E-state index in [9.17, 15) is 22.8 Å². The van der Waals surface area contributed by atoms with Crippen molar-refractivity contribution in [3.05, 3.63) is 28.8 Å². The number of nitrogens with zero attached hydrogens (tertiary/aromatic N) is 1. The highest BCUT2D eigenvalue weighted by molar-refractivity contribution is 6.31. The zero-order chi connectivity index (χ0) is 17.9. The molecule has 0 unspecified atom stereocenters. The Morgan fingerprint density at radius 1 is 1.42 bits per heavy atom. The minimum atomic E-state index is -4.62. The number of halogens is 4. The van der Waals surface area contributed by atoms with Gasteiger partial charge >= 0.3 is 6.18 Å². The normalized spacial score (nSPS) is 17.6.